The fraction of sp³-hybridized carbons (Fsp3) is 0.160. The molecule has 0 saturated carbocycles. The molecule has 1 N–H and O–H groups in total. The van der Waals surface area contributed by atoms with Crippen LogP contribution in [0.1, 0.15) is 17.5 Å². The maximum atomic E-state index is 12.5. The smallest absolute Gasteiger partial charge is 0.245 e. The summed E-state index contributed by atoms with van der Waals surface area (Å²) in [6.07, 6.45) is 1.67. The molecule has 0 aliphatic carbocycles. The van der Waals surface area contributed by atoms with Gasteiger partial charge in [-0.1, -0.05) is 57.3 Å². The van der Waals surface area contributed by atoms with Crippen LogP contribution in [0.15, 0.2) is 76.3 Å². The molecule has 1 atom stereocenters. The van der Waals surface area contributed by atoms with Gasteiger partial charge < -0.3 is 9.64 Å². The summed E-state index contributed by atoms with van der Waals surface area (Å²) in [5.41, 5.74) is 4.75. The molecule has 0 unspecified atom stereocenters. The number of ether oxygens (including phenoxy) is 1. The molecule has 4 rings (SSSR count). The number of nitrogens with one attached hydrogen (secondary N) is 1. The maximum absolute atomic E-state index is 12.5. The van der Waals surface area contributed by atoms with E-state index in [0.717, 1.165) is 15.7 Å². The van der Waals surface area contributed by atoms with Gasteiger partial charge in [0.25, 0.3) is 0 Å². The van der Waals surface area contributed by atoms with Crippen LogP contribution >= 0.6 is 39.1 Å². The Kier molecular flexibility index (Phi) is 7.88. The van der Waals surface area contributed by atoms with Crippen LogP contribution in [-0.4, -0.2) is 24.6 Å². The Morgan fingerprint density at radius 1 is 1.12 bits per heavy atom. The van der Waals surface area contributed by atoms with Crippen LogP contribution < -0.4 is 15.1 Å². The van der Waals surface area contributed by atoms with Crippen LogP contribution in [0.2, 0.25) is 10.0 Å². The summed E-state index contributed by atoms with van der Waals surface area (Å²) >= 11 is 15.8. The van der Waals surface area contributed by atoms with Gasteiger partial charge in [-0.3, -0.25) is 9.59 Å². The van der Waals surface area contributed by atoms with Crippen molar-refractivity contribution in [2.75, 3.05) is 11.4 Å². The number of hydrazone groups is 1. The largest absolute Gasteiger partial charge is 0.489 e. The van der Waals surface area contributed by atoms with Crippen LogP contribution in [0.25, 0.3) is 0 Å². The zero-order valence-corrected chi connectivity index (χ0v) is 21.0. The highest BCUT2D eigenvalue weighted by Gasteiger charge is 2.35. The molecule has 1 fully saturated rings. The monoisotopic (exact) mass is 559 g/mol. The van der Waals surface area contributed by atoms with Crippen molar-refractivity contribution in [3.05, 3.63) is 92.4 Å². The van der Waals surface area contributed by atoms with Gasteiger partial charge in [-0.15, -0.1) is 0 Å². The third-order valence-corrected chi connectivity index (χ3v) is 6.56. The van der Waals surface area contributed by atoms with E-state index in [1.165, 1.54) is 6.21 Å². The predicted octanol–water partition coefficient (Wildman–Crippen LogP) is 5.84. The fourth-order valence-corrected chi connectivity index (χ4v) is 4.30. The first kappa shape index (κ1) is 24.3. The Labute approximate surface area is 215 Å². The number of anilines is 1. The van der Waals surface area contributed by atoms with E-state index in [-0.39, 0.29) is 24.8 Å². The lowest BCUT2D eigenvalue weighted by Crippen LogP contribution is -2.30. The molecule has 9 heteroatoms. The van der Waals surface area contributed by atoms with Crippen molar-refractivity contribution in [3.8, 4) is 5.75 Å². The number of carbonyl (C=O) groups excluding carboxylic acids is 2. The Bertz CT molecular complexity index is 1210. The Morgan fingerprint density at radius 2 is 1.82 bits per heavy atom. The summed E-state index contributed by atoms with van der Waals surface area (Å²) in [5, 5.41) is 5.13. The lowest BCUT2D eigenvalue weighted by molar-refractivity contribution is -0.126. The lowest BCUT2D eigenvalue weighted by Gasteiger charge is -2.16. The second kappa shape index (κ2) is 11.0. The molecule has 0 spiro atoms. The molecular weight excluding hydrogens is 541 g/mol. The second-order valence-electron chi connectivity index (χ2n) is 7.68. The molecule has 1 aliphatic rings. The molecule has 34 heavy (non-hydrogen) atoms. The van der Waals surface area contributed by atoms with Crippen molar-refractivity contribution in [1.29, 1.82) is 0 Å². The van der Waals surface area contributed by atoms with Crippen LogP contribution in [0.3, 0.4) is 0 Å². The normalized spacial score (nSPS) is 15.7. The highest BCUT2D eigenvalue weighted by atomic mass is 79.9. The summed E-state index contributed by atoms with van der Waals surface area (Å²) in [5.74, 6) is -0.249. The van der Waals surface area contributed by atoms with Crippen LogP contribution in [0, 0.1) is 5.92 Å². The number of hydrogen-bond donors (Lipinski definition) is 1. The molecule has 1 aliphatic heterocycles. The number of carbonyl (C=O) groups is 2. The van der Waals surface area contributed by atoms with Crippen molar-refractivity contribution in [2.45, 2.75) is 13.0 Å². The third kappa shape index (κ3) is 5.97. The van der Waals surface area contributed by atoms with Gasteiger partial charge in [-0.25, -0.2) is 5.43 Å². The molecule has 6 nitrogen and oxygen atoms in total. The zero-order valence-electron chi connectivity index (χ0n) is 17.9. The molecule has 2 amide bonds. The van der Waals surface area contributed by atoms with E-state index in [1.54, 1.807) is 29.2 Å². The molecule has 174 valence electrons. The number of amides is 2. The van der Waals surface area contributed by atoms with Gasteiger partial charge in [-0.2, -0.15) is 5.10 Å². The van der Waals surface area contributed by atoms with Gasteiger partial charge in [0.15, 0.2) is 0 Å². The average Bonchev–Trinajstić information content (AvgIpc) is 3.21. The minimum Gasteiger partial charge on any atom is -0.489 e. The quantitative estimate of drug-likeness (QED) is 0.291. The molecule has 0 radical (unpaired) electrons. The van der Waals surface area contributed by atoms with Crippen molar-refractivity contribution in [2.24, 2.45) is 11.0 Å². The van der Waals surface area contributed by atoms with Gasteiger partial charge in [0, 0.05) is 38.7 Å². The molecule has 3 aromatic carbocycles. The fourth-order valence-electron chi connectivity index (χ4n) is 3.53. The highest BCUT2D eigenvalue weighted by Crippen LogP contribution is 2.27. The minimum atomic E-state index is -0.469. The van der Waals surface area contributed by atoms with E-state index in [4.69, 9.17) is 27.9 Å². The number of hydrogen-bond acceptors (Lipinski definition) is 4. The van der Waals surface area contributed by atoms with Gasteiger partial charge in [0.05, 0.1) is 12.1 Å². The van der Waals surface area contributed by atoms with E-state index < -0.39 is 5.92 Å². The number of benzene rings is 3. The third-order valence-electron chi connectivity index (χ3n) is 5.33. The number of halogens is 3. The van der Waals surface area contributed by atoms with Crippen molar-refractivity contribution in [3.63, 3.8) is 0 Å². The van der Waals surface area contributed by atoms with Gasteiger partial charge in [0.1, 0.15) is 12.4 Å². The van der Waals surface area contributed by atoms with Crippen molar-refractivity contribution in [1.82, 2.24) is 5.43 Å². The van der Waals surface area contributed by atoms with E-state index in [2.05, 4.69) is 26.5 Å². The summed E-state index contributed by atoms with van der Waals surface area (Å²) in [7, 11) is 0. The summed E-state index contributed by atoms with van der Waals surface area (Å²) in [4.78, 5) is 26.5. The summed E-state index contributed by atoms with van der Waals surface area (Å²) < 4.78 is 6.74. The topological polar surface area (TPSA) is 71.0 Å². The first-order valence-corrected chi connectivity index (χ1v) is 12.0. The number of rotatable bonds is 7. The first-order chi connectivity index (χ1) is 16.4. The Balaban J connectivity index is 1.32. The van der Waals surface area contributed by atoms with Crippen molar-refractivity contribution < 1.29 is 14.3 Å². The molecule has 1 heterocycles. The van der Waals surface area contributed by atoms with E-state index in [9.17, 15) is 9.59 Å². The maximum Gasteiger partial charge on any atom is 0.245 e. The Hall–Kier alpha value is -2.87. The molecule has 0 aromatic heterocycles. The SMILES string of the molecule is O=C(N/N=C\c1cccc(OCc2c(Cl)cccc2Cl)c1)[C@H]1CC(=O)N(c2ccc(Br)cc2)C1. The van der Waals surface area contributed by atoms with Crippen LogP contribution in [-0.2, 0) is 16.2 Å². The molecule has 0 bridgehead atoms. The zero-order chi connectivity index (χ0) is 24.1. The molecule has 3 aromatic rings. The van der Waals surface area contributed by atoms with Crippen molar-refractivity contribution >= 4 is 62.8 Å². The molecule has 1 saturated heterocycles. The Morgan fingerprint density at radius 3 is 2.56 bits per heavy atom. The second-order valence-corrected chi connectivity index (χ2v) is 9.41. The average molecular weight is 561 g/mol. The minimum absolute atomic E-state index is 0.0880. The van der Waals surface area contributed by atoms with Crippen LogP contribution in [0.5, 0.6) is 5.75 Å². The van der Waals surface area contributed by atoms with E-state index >= 15 is 0 Å². The van der Waals surface area contributed by atoms with E-state index in [0.29, 0.717) is 27.9 Å². The first-order valence-electron chi connectivity index (χ1n) is 10.5. The van der Waals surface area contributed by atoms with E-state index in [1.807, 2.05) is 42.5 Å². The van der Waals surface area contributed by atoms with Gasteiger partial charge in [0.2, 0.25) is 11.8 Å². The lowest BCUT2D eigenvalue weighted by atomic mass is 10.1. The van der Waals surface area contributed by atoms with Gasteiger partial charge in [-0.05, 0) is 54.1 Å². The standard InChI is InChI=1S/C25H20BrCl2N3O3/c26-18-7-9-19(10-8-18)31-14-17(12-24(31)32)25(33)30-29-13-16-3-1-4-20(11-16)34-15-21-22(27)5-2-6-23(21)28/h1-11,13,17H,12,14-15H2,(H,30,33)/b29-13-/t17-/m0/s1. The highest BCUT2D eigenvalue weighted by molar-refractivity contribution is 9.10. The van der Waals surface area contributed by atoms with Crippen LogP contribution in [0.4, 0.5) is 5.69 Å². The number of nitrogens with zero attached hydrogens (tertiary/aromatic N) is 2. The summed E-state index contributed by atoms with van der Waals surface area (Å²) in [6, 6.07) is 19.9. The summed E-state index contributed by atoms with van der Waals surface area (Å²) in [6.45, 7) is 0.538. The van der Waals surface area contributed by atoms with Gasteiger partial charge >= 0.3 is 0 Å². The molecular formula is C25H20BrCl2N3O3. The predicted molar refractivity (Wildman–Crippen MR) is 138 cm³/mol.